The maximum absolute atomic E-state index is 5.99. The van der Waals surface area contributed by atoms with E-state index in [1.54, 1.807) is 24.1 Å². The topological polar surface area (TPSA) is 61.8 Å². The van der Waals surface area contributed by atoms with Crippen molar-refractivity contribution in [3.8, 4) is 23.1 Å². The maximum atomic E-state index is 5.99. The lowest BCUT2D eigenvalue weighted by Gasteiger charge is -2.10. The molecule has 0 amide bonds. The van der Waals surface area contributed by atoms with E-state index in [2.05, 4.69) is 26.0 Å². The lowest BCUT2D eigenvalue weighted by atomic mass is 10.2. The Morgan fingerprint density at radius 2 is 2.04 bits per heavy atom. The van der Waals surface area contributed by atoms with Crippen molar-refractivity contribution in [2.24, 2.45) is 0 Å². The minimum atomic E-state index is 0.401. The van der Waals surface area contributed by atoms with Crippen LogP contribution in [-0.2, 0) is 6.61 Å². The lowest BCUT2D eigenvalue weighted by molar-refractivity contribution is 0.285. The van der Waals surface area contributed by atoms with E-state index >= 15 is 0 Å². The van der Waals surface area contributed by atoms with Crippen LogP contribution in [-0.4, -0.2) is 21.7 Å². The van der Waals surface area contributed by atoms with Crippen molar-refractivity contribution >= 4 is 21.6 Å². The molecule has 0 saturated carbocycles. The van der Waals surface area contributed by atoms with Crippen molar-refractivity contribution in [1.82, 2.24) is 14.6 Å². The Morgan fingerprint density at radius 1 is 1.20 bits per heavy atom. The second-order valence-electron chi connectivity index (χ2n) is 5.32. The normalized spacial score (nSPS) is 11.0. The molecule has 6 nitrogen and oxygen atoms in total. The number of rotatable bonds is 5. The first kappa shape index (κ1) is 15.7. The first-order valence-electron chi connectivity index (χ1n) is 7.58. The molecule has 0 saturated heterocycles. The molecule has 0 N–H and O–H groups in total. The first-order valence-corrected chi connectivity index (χ1v) is 8.38. The van der Waals surface area contributed by atoms with Gasteiger partial charge in [-0.05, 0) is 45.8 Å². The molecule has 0 radical (unpaired) electrons. The Morgan fingerprint density at radius 3 is 2.76 bits per heavy atom. The van der Waals surface area contributed by atoms with Crippen LogP contribution in [0.5, 0.6) is 11.6 Å². The van der Waals surface area contributed by atoms with Crippen LogP contribution in [0.2, 0.25) is 0 Å². The molecule has 0 unspecified atom stereocenters. The molecule has 0 aliphatic heterocycles. The number of fused-ring (bicyclic) bond motifs is 1. The molecule has 1 aromatic carbocycles. The molecule has 0 aliphatic carbocycles. The third-order valence-electron chi connectivity index (χ3n) is 3.72. The van der Waals surface area contributed by atoms with Crippen LogP contribution >= 0.6 is 15.9 Å². The maximum Gasteiger partial charge on any atom is 0.219 e. The SMILES string of the molecule is COc1ccc(COc2cc(-c3ccco3)nc3c(Br)cnn23)cc1. The van der Waals surface area contributed by atoms with Gasteiger partial charge in [-0.2, -0.15) is 9.61 Å². The van der Waals surface area contributed by atoms with Crippen LogP contribution in [0.3, 0.4) is 0 Å². The standard InChI is InChI=1S/C18H14BrN3O3/c1-23-13-6-4-12(5-7-13)11-25-17-9-15(16-3-2-8-24-16)21-18-14(19)10-20-22(17)18/h2-10H,11H2,1H3. The molecule has 126 valence electrons. The zero-order chi connectivity index (χ0) is 17.2. The fourth-order valence-electron chi connectivity index (χ4n) is 2.44. The number of benzene rings is 1. The van der Waals surface area contributed by atoms with Crippen molar-refractivity contribution in [1.29, 1.82) is 0 Å². The third kappa shape index (κ3) is 3.10. The van der Waals surface area contributed by atoms with Crippen LogP contribution in [0.25, 0.3) is 17.1 Å². The molecule has 25 heavy (non-hydrogen) atoms. The van der Waals surface area contributed by atoms with E-state index in [9.17, 15) is 0 Å². The summed E-state index contributed by atoms with van der Waals surface area (Å²) in [6, 6.07) is 13.2. The summed E-state index contributed by atoms with van der Waals surface area (Å²) in [4.78, 5) is 4.58. The predicted molar refractivity (Wildman–Crippen MR) is 95.7 cm³/mol. The van der Waals surface area contributed by atoms with E-state index < -0.39 is 0 Å². The minimum Gasteiger partial charge on any atom is -0.497 e. The third-order valence-corrected chi connectivity index (χ3v) is 4.27. The number of ether oxygens (including phenoxy) is 2. The van der Waals surface area contributed by atoms with Gasteiger partial charge < -0.3 is 13.9 Å². The quantitative estimate of drug-likeness (QED) is 0.499. The highest BCUT2D eigenvalue weighted by molar-refractivity contribution is 9.10. The van der Waals surface area contributed by atoms with Gasteiger partial charge in [-0.25, -0.2) is 4.98 Å². The van der Waals surface area contributed by atoms with Gasteiger partial charge in [-0.1, -0.05) is 12.1 Å². The summed E-state index contributed by atoms with van der Waals surface area (Å²) in [6.45, 7) is 0.401. The van der Waals surface area contributed by atoms with E-state index in [1.807, 2.05) is 42.5 Å². The first-order chi connectivity index (χ1) is 12.2. The van der Waals surface area contributed by atoms with Crippen molar-refractivity contribution < 1.29 is 13.9 Å². The molecule has 7 heteroatoms. The minimum absolute atomic E-state index is 0.401. The summed E-state index contributed by atoms with van der Waals surface area (Å²) >= 11 is 3.46. The van der Waals surface area contributed by atoms with Gasteiger partial charge in [0.2, 0.25) is 5.88 Å². The Bertz CT molecular complexity index is 995. The Hall–Kier alpha value is -2.80. The molecular formula is C18H14BrN3O3. The number of hydrogen-bond donors (Lipinski definition) is 0. The van der Waals surface area contributed by atoms with Crippen molar-refractivity contribution in [3.63, 3.8) is 0 Å². The number of halogens is 1. The van der Waals surface area contributed by atoms with Gasteiger partial charge in [0.15, 0.2) is 11.4 Å². The van der Waals surface area contributed by atoms with E-state index in [4.69, 9.17) is 13.9 Å². The Balaban J connectivity index is 1.67. The van der Waals surface area contributed by atoms with E-state index in [-0.39, 0.29) is 0 Å². The van der Waals surface area contributed by atoms with Crippen LogP contribution < -0.4 is 9.47 Å². The second kappa shape index (κ2) is 6.60. The average Bonchev–Trinajstić information content (AvgIpc) is 3.31. The van der Waals surface area contributed by atoms with Gasteiger partial charge in [0, 0.05) is 6.07 Å². The molecule has 0 aliphatic rings. The number of nitrogens with zero attached hydrogens (tertiary/aromatic N) is 3. The van der Waals surface area contributed by atoms with Crippen molar-refractivity contribution in [2.45, 2.75) is 6.61 Å². The largest absolute Gasteiger partial charge is 0.497 e. The number of furan rings is 1. The predicted octanol–water partition coefficient (Wildman–Crippen LogP) is 4.34. The summed E-state index contributed by atoms with van der Waals surface area (Å²) < 4.78 is 19.0. The molecule has 3 aromatic heterocycles. The van der Waals surface area contributed by atoms with Gasteiger partial charge >= 0.3 is 0 Å². The highest BCUT2D eigenvalue weighted by Gasteiger charge is 2.14. The number of hydrogen-bond acceptors (Lipinski definition) is 5. The van der Waals surface area contributed by atoms with E-state index in [0.717, 1.165) is 15.8 Å². The van der Waals surface area contributed by atoms with Crippen LogP contribution in [0, 0.1) is 0 Å². The Labute approximate surface area is 152 Å². The molecule has 0 fully saturated rings. The summed E-state index contributed by atoms with van der Waals surface area (Å²) in [5.74, 6) is 2.06. The molecule has 0 bridgehead atoms. The highest BCUT2D eigenvalue weighted by Crippen LogP contribution is 2.27. The van der Waals surface area contributed by atoms with Crippen LogP contribution in [0.4, 0.5) is 0 Å². The van der Waals surface area contributed by atoms with Gasteiger partial charge in [0.25, 0.3) is 0 Å². The van der Waals surface area contributed by atoms with Crippen molar-refractivity contribution in [2.75, 3.05) is 7.11 Å². The molecule has 0 atom stereocenters. The molecular weight excluding hydrogens is 386 g/mol. The zero-order valence-electron chi connectivity index (χ0n) is 13.3. The number of methoxy groups -OCH3 is 1. The smallest absolute Gasteiger partial charge is 0.219 e. The van der Waals surface area contributed by atoms with Gasteiger partial charge in [0.1, 0.15) is 18.1 Å². The fourth-order valence-corrected chi connectivity index (χ4v) is 2.79. The highest BCUT2D eigenvalue weighted by atomic mass is 79.9. The lowest BCUT2D eigenvalue weighted by Crippen LogP contribution is -2.03. The fraction of sp³-hybridized carbons (Fsp3) is 0.111. The second-order valence-corrected chi connectivity index (χ2v) is 6.18. The molecule has 4 aromatic rings. The summed E-state index contributed by atoms with van der Waals surface area (Å²) in [5, 5.41) is 4.31. The Kier molecular flexibility index (Phi) is 4.15. The average molecular weight is 400 g/mol. The van der Waals surface area contributed by atoms with Gasteiger partial charge in [0.05, 0.1) is 24.0 Å². The van der Waals surface area contributed by atoms with Crippen LogP contribution in [0.15, 0.2) is 63.8 Å². The molecule has 3 heterocycles. The zero-order valence-corrected chi connectivity index (χ0v) is 14.9. The van der Waals surface area contributed by atoms with Gasteiger partial charge in [-0.15, -0.1) is 0 Å². The van der Waals surface area contributed by atoms with E-state index in [1.165, 1.54) is 0 Å². The summed E-state index contributed by atoms with van der Waals surface area (Å²) in [5.41, 5.74) is 2.37. The summed E-state index contributed by atoms with van der Waals surface area (Å²) in [6.07, 6.45) is 3.30. The van der Waals surface area contributed by atoms with E-state index in [0.29, 0.717) is 29.6 Å². The summed E-state index contributed by atoms with van der Waals surface area (Å²) in [7, 11) is 1.64. The molecule has 0 spiro atoms. The van der Waals surface area contributed by atoms with Crippen molar-refractivity contribution in [3.05, 3.63) is 65.0 Å². The molecule has 4 rings (SSSR count). The number of aromatic nitrogens is 3. The van der Waals surface area contributed by atoms with Crippen LogP contribution in [0.1, 0.15) is 5.56 Å². The monoisotopic (exact) mass is 399 g/mol. The van der Waals surface area contributed by atoms with Gasteiger partial charge in [-0.3, -0.25) is 0 Å².